The molecule has 5 rings (SSSR count). The van der Waals surface area contributed by atoms with Gasteiger partial charge < -0.3 is 19.5 Å². The van der Waals surface area contributed by atoms with Crippen molar-refractivity contribution in [2.24, 2.45) is 0 Å². The van der Waals surface area contributed by atoms with E-state index in [1.165, 1.54) is 6.92 Å². The summed E-state index contributed by atoms with van der Waals surface area (Å²) in [7, 11) is 0. The predicted molar refractivity (Wildman–Crippen MR) is 120 cm³/mol. The van der Waals surface area contributed by atoms with Crippen LogP contribution in [0, 0.1) is 0 Å². The van der Waals surface area contributed by atoms with Crippen LogP contribution in [-0.2, 0) is 9.53 Å². The Morgan fingerprint density at radius 3 is 2.50 bits per heavy atom. The van der Waals surface area contributed by atoms with Crippen molar-refractivity contribution in [1.82, 2.24) is 19.9 Å². The highest BCUT2D eigenvalue weighted by molar-refractivity contribution is 5.77. The molecule has 0 saturated heterocycles. The summed E-state index contributed by atoms with van der Waals surface area (Å²) in [4.78, 5) is 20.1. The normalized spacial score (nSPS) is 25.5. The minimum Gasteiger partial charge on any atom is -0.474 e. The molecule has 0 aromatic carbocycles. The molecule has 186 valence electrons. The molecule has 1 atom stereocenters. The van der Waals surface area contributed by atoms with Gasteiger partial charge in [0.15, 0.2) is 0 Å². The van der Waals surface area contributed by atoms with Gasteiger partial charge in [-0.25, -0.2) is 13.8 Å². The van der Waals surface area contributed by atoms with Gasteiger partial charge in [-0.1, -0.05) is 0 Å². The third kappa shape index (κ3) is 5.42. The lowest BCUT2D eigenvalue weighted by Crippen LogP contribution is -2.43. The minimum atomic E-state index is -2.63. The SMILES string of the molecule is CC(=O)N[C@@H](C)CO[C@H]1CC[C@H](Oc2cc3c(cn2)nc(OC2CC(F)(F)C2)n3C2CC2)CC1. The van der Waals surface area contributed by atoms with Gasteiger partial charge in [-0.3, -0.25) is 9.36 Å². The van der Waals surface area contributed by atoms with Crippen molar-refractivity contribution in [2.75, 3.05) is 6.61 Å². The second-order valence-corrected chi connectivity index (χ2v) is 9.96. The molecule has 0 bridgehead atoms. The maximum atomic E-state index is 13.2. The highest BCUT2D eigenvalue weighted by Crippen LogP contribution is 2.44. The summed E-state index contributed by atoms with van der Waals surface area (Å²) in [6.45, 7) is 3.94. The zero-order valence-corrected chi connectivity index (χ0v) is 19.6. The molecule has 3 aliphatic rings. The lowest BCUT2D eigenvalue weighted by molar-refractivity contribution is -0.136. The molecule has 1 amide bonds. The number of amides is 1. The molecule has 34 heavy (non-hydrogen) atoms. The van der Waals surface area contributed by atoms with Crippen LogP contribution in [0.1, 0.15) is 71.3 Å². The standard InChI is InChI=1S/C24H32F2N4O4/c1-14(28-15(2)31)13-32-17-5-7-18(8-6-17)33-22-9-21-20(12-27-22)29-23(30(21)16-3-4-16)34-19-10-24(25,26)11-19/h9,12,14,16-19H,3-8,10-11,13H2,1-2H3,(H,28,31)/t14-,17-,18-/m0/s1. The highest BCUT2D eigenvalue weighted by atomic mass is 19.3. The first-order valence-corrected chi connectivity index (χ1v) is 12.2. The van der Waals surface area contributed by atoms with Crippen LogP contribution in [0.3, 0.4) is 0 Å². The van der Waals surface area contributed by atoms with Crippen LogP contribution >= 0.6 is 0 Å². The number of alkyl halides is 2. The summed E-state index contributed by atoms with van der Waals surface area (Å²) in [6, 6.07) is 2.57. The average molecular weight is 479 g/mol. The monoisotopic (exact) mass is 478 g/mol. The van der Waals surface area contributed by atoms with Gasteiger partial charge in [0.25, 0.3) is 11.9 Å². The second-order valence-electron chi connectivity index (χ2n) is 9.96. The van der Waals surface area contributed by atoms with Gasteiger partial charge >= 0.3 is 0 Å². The average Bonchev–Trinajstić information content (AvgIpc) is 3.52. The lowest BCUT2D eigenvalue weighted by atomic mass is 9.91. The summed E-state index contributed by atoms with van der Waals surface area (Å²) in [6.07, 6.45) is 6.44. The predicted octanol–water partition coefficient (Wildman–Crippen LogP) is 4.17. The zero-order chi connectivity index (χ0) is 23.9. The van der Waals surface area contributed by atoms with Crippen molar-refractivity contribution in [1.29, 1.82) is 0 Å². The fraction of sp³-hybridized carbons (Fsp3) is 0.708. The number of fused-ring (bicyclic) bond motifs is 1. The second kappa shape index (κ2) is 9.28. The molecule has 3 aliphatic carbocycles. The molecule has 0 radical (unpaired) electrons. The summed E-state index contributed by atoms with van der Waals surface area (Å²) in [5.74, 6) is -2.14. The Labute approximate surface area is 197 Å². The number of hydrogen-bond donors (Lipinski definition) is 1. The summed E-state index contributed by atoms with van der Waals surface area (Å²) in [5.41, 5.74) is 1.56. The lowest BCUT2D eigenvalue weighted by Gasteiger charge is -2.34. The molecule has 1 N–H and O–H groups in total. The number of rotatable bonds is 9. The van der Waals surface area contributed by atoms with E-state index in [2.05, 4.69) is 15.3 Å². The molecule has 10 heteroatoms. The van der Waals surface area contributed by atoms with E-state index >= 15 is 0 Å². The van der Waals surface area contributed by atoms with Crippen LogP contribution in [0.25, 0.3) is 11.0 Å². The van der Waals surface area contributed by atoms with Crippen LogP contribution in [0.5, 0.6) is 11.9 Å². The van der Waals surface area contributed by atoms with Gasteiger partial charge in [-0.2, -0.15) is 4.98 Å². The van der Waals surface area contributed by atoms with E-state index < -0.39 is 12.0 Å². The van der Waals surface area contributed by atoms with E-state index in [1.807, 2.05) is 17.6 Å². The summed E-state index contributed by atoms with van der Waals surface area (Å²) in [5, 5.41) is 2.83. The van der Waals surface area contributed by atoms with E-state index in [-0.39, 0.29) is 43.0 Å². The van der Waals surface area contributed by atoms with Gasteiger partial charge in [0.1, 0.15) is 17.7 Å². The summed E-state index contributed by atoms with van der Waals surface area (Å²) >= 11 is 0. The highest BCUT2D eigenvalue weighted by Gasteiger charge is 2.47. The van der Waals surface area contributed by atoms with E-state index in [0.717, 1.165) is 44.0 Å². The molecule has 2 heterocycles. The molecule has 0 aliphatic heterocycles. The van der Waals surface area contributed by atoms with E-state index in [9.17, 15) is 13.6 Å². The molecule has 2 aromatic rings. The van der Waals surface area contributed by atoms with Gasteiger partial charge in [-0.15, -0.1) is 0 Å². The number of pyridine rings is 1. The van der Waals surface area contributed by atoms with Crippen LogP contribution in [-0.4, -0.2) is 57.3 Å². The van der Waals surface area contributed by atoms with Crippen LogP contribution in [0.4, 0.5) is 8.78 Å². The maximum Gasteiger partial charge on any atom is 0.297 e. The number of carbonyl (C=O) groups excluding carboxylic acids is 1. The maximum absolute atomic E-state index is 13.2. The molecule has 8 nitrogen and oxygen atoms in total. The Bertz CT molecular complexity index is 1030. The van der Waals surface area contributed by atoms with Crippen molar-refractivity contribution in [2.45, 2.75) is 102 Å². The molecule has 2 aromatic heterocycles. The third-order valence-corrected chi connectivity index (χ3v) is 6.70. The number of imidazole rings is 1. The number of hydrogen-bond acceptors (Lipinski definition) is 6. The molecular formula is C24H32F2N4O4. The Balaban J connectivity index is 1.18. The fourth-order valence-corrected chi connectivity index (χ4v) is 4.79. The largest absolute Gasteiger partial charge is 0.474 e. The number of carbonyl (C=O) groups is 1. The minimum absolute atomic E-state index is 0.00614. The first kappa shape index (κ1) is 23.3. The number of aromatic nitrogens is 3. The third-order valence-electron chi connectivity index (χ3n) is 6.70. The molecular weight excluding hydrogens is 446 g/mol. The quantitative estimate of drug-likeness (QED) is 0.582. The molecule has 0 unspecified atom stereocenters. The summed E-state index contributed by atoms with van der Waals surface area (Å²) < 4.78 is 46.5. The zero-order valence-electron chi connectivity index (χ0n) is 19.6. The smallest absolute Gasteiger partial charge is 0.297 e. The van der Waals surface area contributed by atoms with E-state index in [4.69, 9.17) is 14.2 Å². The molecule has 3 fully saturated rings. The number of nitrogens with one attached hydrogen (secondary N) is 1. The number of ether oxygens (including phenoxy) is 3. The molecule has 3 saturated carbocycles. The first-order valence-electron chi connectivity index (χ1n) is 12.2. The van der Waals surface area contributed by atoms with Gasteiger partial charge in [0.2, 0.25) is 11.8 Å². The van der Waals surface area contributed by atoms with Gasteiger partial charge in [-0.05, 0) is 45.4 Å². The van der Waals surface area contributed by atoms with Crippen molar-refractivity contribution < 1.29 is 27.8 Å². The van der Waals surface area contributed by atoms with Crippen molar-refractivity contribution in [3.8, 4) is 11.9 Å². The van der Waals surface area contributed by atoms with Crippen molar-refractivity contribution >= 4 is 16.9 Å². The molecule has 0 spiro atoms. The fourth-order valence-electron chi connectivity index (χ4n) is 4.79. The van der Waals surface area contributed by atoms with Crippen molar-refractivity contribution in [3.63, 3.8) is 0 Å². The first-order chi connectivity index (χ1) is 16.3. The van der Waals surface area contributed by atoms with Crippen LogP contribution in [0.2, 0.25) is 0 Å². The Morgan fingerprint density at radius 2 is 1.85 bits per heavy atom. The Morgan fingerprint density at radius 1 is 1.15 bits per heavy atom. The van der Waals surface area contributed by atoms with Gasteiger partial charge in [0, 0.05) is 37.9 Å². The van der Waals surface area contributed by atoms with Crippen LogP contribution < -0.4 is 14.8 Å². The van der Waals surface area contributed by atoms with E-state index in [0.29, 0.717) is 24.0 Å². The van der Waals surface area contributed by atoms with E-state index in [1.54, 1.807) is 6.20 Å². The van der Waals surface area contributed by atoms with Crippen molar-refractivity contribution in [3.05, 3.63) is 12.3 Å². The Hall–Kier alpha value is -2.49. The van der Waals surface area contributed by atoms with Crippen LogP contribution in [0.15, 0.2) is 12.3 Å². The number of nitrogens with zero attached hydrogens (tertiary/aromatic N) is 3. The van der Waals surface area contributed by atoms with Gasteiger partial charge in [0.05, 0.1) is 24.4 Å². The number of halogens is 2. The Kier molecular flexibility index (Phi) is 6.35. The topological polar surface area (TPSA) is 87.5 Å².